The Balaban J connectivity index is 2.19. The van der Waals surface area contributed by atoms with Gasteiger partial charge < -0.3 is 5.32 Å². The van der Waals surface area contributed by atoms with Crippen molar-refractivity contribution in [3.8, 4) is 0 Å². The van der Waals surface area contributed by atoms with Crippen LogP contribution < -0.4 is 10.9 Å². The molecule has 3 rings (SSSR count). The number of hydrogen-bond acceptors (Lipinski definition) is 2. The van der Waals surface area contributed by atoms with Gasteiger partial charge in [0.15, 0.2) is 0 Å². The van der Waals surface area contributed by atoms with Crippen molar-refractivity contribution >= 4 is 17.3 Å². The molecule has 2 aromatic rings. The minimum atomic E-state index is -0.108. The van der Waals surface area contributed by atoms with Crippen LogP contribution in [0, 0.1) is 5.41 Å². The molecule has 1 amide bonds. The van der Waals surface area contributed by atoms with Crippen LogP contribution in [0.1, 0.15) is 31.9 Å². The second-order valence-electron chi connectivity index (χ2n) is 6.66. The molecule has 0 fully saturated rings. The third-order valence-corrected chi connectivity index (χ3v) is 3.96. The molecule has 0 spiro atoms. The van der Waals surface area contributed by atoms with Crippen molar-refractivity contribution in [1.29, 1.82) is 0 Å². The van der Waals surface area contributed by atoms with Gasteiger partial charge in [0.25, 0.3) is 5.56 Å². The molecule has 0 aliphatic heterocycles. The van der Waals surface area contributed by atoms with Gasteiger partial charge in [0.2, 0.25) is 5.91 Å². The van der Waals surface area contributed by atoms with Crippen LogP contribution >= 0.6 is 0 Å². The first kappa shape index (κ1) is 15.3. The largest absolute Gasteiger partial charge is 0.326 e. The zero-order chi connectivity index (χ0) is 16.6. The van der Waals surface area contributed by atoms with E-state index in [4.69, 9.17) is 0 Å². The molecule has 0 unspecified atom stereocenters. The SMILES string of the molecule is CC(=O)Nc1ccc2c(c1)C(n1ccccc1=O)=CC(C)(C)C2. The maximum Gasteiger partial charge on any atom is 0.255 e. The summed E-state index contributed by atoms with van der Waals surface area (Å²) in [4.78, 5) is 23.6. The van der Waals surface area contributed by atoms with Gasteiger partial charge in [-0.1, -0.05) is 32.1 Å². The fourth-order valence-corrected chi connectivity index (χ4v) is 3.07. The highest BCUT2D eigenvalue weighted by atomic mass is 16.1. The first-order valence-electron chi connectivity index (χ1n) is 7.67. The van der Waals surface area contributed by atoms with Gasteiger partial charge in [0.1, 0.15) is 0 Å². The lowest BCUT2D eigenvalue weighted by Crippen LogP contribution is -2.25. The Morgan fingerprint density at radius 1 is 1.22 bits per heavy atom. The molecular weight excluding hydrogens is 288 g/mol. The average molecular weight is 308 g/mol. The number of carbonyl (C=O) groups is 1. The third-order valence-electron chi connectivity index (χ3n) is 3.96. The number of nitrogens with zero attached hydrogens (tertiary/aromatic N) is 1. The van der Waals surface area contributed by atoms with E-state index in [1.54, 1.807) is 22.9 Å². The normalized spacial score (nSPS) is 15.5. The molecular formula is C19H20N2O2. The van der Waals surface area contributed by atoms with Gasteiger partial charge in [0.05, 0.1) is 5.70 Å². The molecule has 1 heterocycles. The number of pyridine rings is 1. The van der Waals surface area contributed by atoms with E-state index < -0.39 is 0 Å². The van der Waals surface area contributed by atoms with Gasteiger partial charge in [0, 0.05) is 30.4 Å². The molecule has 1 aromatic heterocycles. The van der Waals surface area contributed by atoms with Crippen LogP contribution in [0.4, 0.5) is 5.69 Å². The first-order valence-corrected chi connectivity index (χ1v) is 7.67. The number of nitrogens with one attached hydrogen (secondary N) is 1. The van der Waals surface area contributed by atoms with E-state index in [-0.39, 0.29) is 16.9 Å². The highest BCUT2D eigenvalue weighted by Gasteiger charge is 2.26. The molecule has 0 bridgehead atoms. The minimum absolute atomic E-state index is 0.0346. The summed E-state index contributed by atoms with van der Waals surface area (Å²) in [6.07, 6.45) is 4.81. The lowest BCUT2D eigenvalue weighted by molar-refractivity contribution is -0.114. The van der Waals surface area contributed by atoms with Crippen molar-refractivity contribution in [3.05, 3.63) is 70.2 Å². The fourth-order valence-electron chi connectivity index (χ4n) is 3.07. The standard InChI is InChI=1S/C19H20N2O2/c1-13(22)20-15-8-7-14-11-19(2,3)12-17(16(14)10-15)21-9-5-4-6-18(21)23/h4-10,12H,11H2,1-3H3,(H,20,22). The summed E-state index contributed by atoms with van der Waals surface area (Å²) in [6, 6.07) is 11.0. The van der Waals surface area contributed by atoms with Gasteiger partial charge in [-0.25, -0.2) is 0 Å². The molecule has 0 saturated heterocycles. The van der Waals surface area contributed by atoms with E-state index in [2.05, 4.69) is 25.2 Å². The van der Waals surface area contributed by atoms with Crippen molar-refractivity contribution < 1.29 is 4.79 Å². The summed E-state index contributed by atoms with van der Waals surface area (Å²) in [6.45, 7) is 5.80. The Morgan fingerprint density at radius 3 is 2.70 bits per heavy atom. The van der Waals surface area contributed by atoms with Crippen molar-refractivity contribution in [1.82, 2.24) is 4.57 Å². The Bertz CT molecular complexity index is 860. The zero-order valence-electron chi connectivity index (χ0n) is 13.6. The summed E-state index contributed by atoms with van der Waals surface area (Å²) in [5.74, 6) is -0.108. The number of allylic oxidation sites excluding steroid dienone is 1. The minimum Gasteiger partial charge on any atom is -0.326 e. The molecule has 4 nitrogen and oxygen atoms in total. The summed E-state index contributed by atoms with van der Waals surface area (Å²) < 4.78 is 1.66. The van der Waals surface area contributed by atoms with Crippen molar-refractivity contribution in [3.63, 3.8) is 0 Å². The number of fused-ring (bicyclic) bond motifs is 1. The van der Waals surface area contributed by atoms with E-state index in [0.29, 0.717) is 0 Å². The van der Waals surface area contributed by atoms with Gasteiger partial charge in [-0.05, 0) is 35.6 Å². The van der Waals surface area contributed by atoms with E-state index in [9.17, 15) is 9.59 Å². The molecule has 4 heteroatoms. The number of hydrogen-bond donors (Lipinski definition) is 1. The summed E-state index contributed by atoms with van der Waals surface area (Å²) in [5, 5.41) is 2.81. The highest BCUT2D eigenvalue weighted by Crippen LogP contribution is 2.37. The Hall–Kier alpha value is -2.62. The molecule has 1 aliphatic rings. The molecule has 0 atom stereocenters. The highest BCUT2D eigenvalue weighted by molar-refractivity contribution is 5.89. The van der Waals surface area contributed by atoms with Gasteiger partial charge in [-0.3, -0.25) is 14.2 Å². The van der Waals surface area contributed by atoms with E-state index in [0.717, 1.165) is 23.4 Å². The number of aromatic nitrogens is 1. The molecule has 1 aromatic carbocycles. The van der Waals surface area contributed by atoms with E-state index >= 15 is 0 Å². The lowest BCUT2D eigenvalue weighted by atomic mass is 9.78. The van der Waals surface area contributed by atoms with Gasteiger partial charge in [-0.2, -0.15) is 0 Å². The maximum absolute atomic E-state index is 12.3. The fraction of sp³-hybridized carbons (Fsp3) is 0.263. The first-order chi connectivity index (χ1) is 10.9. The van der Waals surface area contributed by atoms with Gasteiger partial charge in [-0.15, -0.1) is 0 Å². The second kappa shape index (κ2) is 5.54. The third kappa shape index (κ3) is 3.11. The van der Waals surface area contributed by atoms with Crippen LogP contribution in [0.15, 0.2) is 53.5 Å². The predicted molar refractivity (Wildman–Crippen MR) is 92.3 cm³/mol. The monoisotopic (exact) mass is 308 g/mol. The average Bonchev–Trinajstić information content (AvgIpc) is 2.46. The van der Waals surface area contributed by atoms with Crippen molar-refractivity contribution in [2.45, 2.75) is 27.2 Å². The molecule has 1 N–H and O–H groups in total. The topological polar surface area (TPSA) is 51.1 Å². The maximum atomic E-state index is 12.3. The molecule has 0 saturated carbocycles. The molecule has 23 heavy (non-hydrogen) atoms. The second-order valence-corrected chi connectivity index (χ2v) is 6.66. The molecule has 1 aliphatic carbocycles. The van der Waals surface area contributed by atoms with Crippen LogP contribution in [-0.4, -0.2) is 10.5 Å². The van der Waals surface area contributed by atoms with E-state index in [1.165, 1.54) is 12.5 Å². The predicted octanol–water partition coefficient (Wildman–Crippen LogP) is 3.28. The lowest BCUT2D eigenvalue weighted by Gasteiger charge is -2.30. The molecule has 118 valence electrons. The van der Waals surface area contributed by atoms with Crippen LogP contribution in [0.3, 0.4) is 0 Å². The van der Waals surface area contributed by atoms with E-state index in [1.807, 2.05) is 24.3 Å². The molecule has 0 radical (unpaired) electrons. The number of benzene rings is 1. The smallest absolute Gasteiger partial charge is 0.255 e. The van der Waals surface area contributed by atoms with Crippen molar-refractivity contribution in [2.24, 2.45) is 5.41 Å². The summed E-state index contributed by atoms with van der Waals surface area (Å²) in [7, 11) is 0. The Kier molecular flexibility index (Phi) is 3.68. The zero-order valence-corrected chi connectivity index (χ0v) is 13.6. The summed E-state index contributed by atoms with van der Waals surface area (Å²) >= 11 is 0. The van der Waals surface area contributed by atoms with Crippen LogP contribution in [0.2, 0.25) is 0 Å². The quantitative estimate of drug-likeness (QED) is 0.925. The summed E-state index contributed by atoms with van der Waals surface area (Å²) in [5.41, 5.74) is 3.68. The number of rotatable bonds is 2. The van der Waals surface area contributed by atoms with Gasteiger partial charge >= 0.3 is 0 Å². The van der Waals surface area contributed by atoms with Crippen LogP contribution in [-0.2, 0) is 11.2 Å². The number of anilines is 1. The van der Waals surface area contributed by atoms with Crippen LogP contribution in [0.5, 0.6) is 0 Å². The van der Waals surface area contributed by atoms with Crippen LogP contribution in [0.25, 0.3) is 5.70 Å². The number of carbonyl (C=O) groups excluding carboxylic acids is 1. The van der Waals surface area contributed by atoms with Crippen molar-refractivity contribution in [2.75, 3.05) is 5.32 Å². The Labute approximate surface area is 135 Å². The Morgan fingerprint density at radius 2 is 2.00 bits per heavy atom. The number of amides is 1.